The second kappa shape index (κ2) is 7.11. The van der Waals surface area contributed by atoms with Crippen molar-refractivity contribution in [3.05, 3.63) is 64.0 Å². The fourth-order valence-corrected chi connectivity index (χ4v) is 3.28. The molecule has 4 heteroatoms. The number of benzene rings is 2. The van der Waals surface area contributed by atoms with Crippen LogP contribution in [0.5, 0.6) is 5.75 Å². The molecule has 130 valence electrons. The van der Waals surface area contributed by atoms with Gasteiger partial charge in [0.05, 0.1) is 13.1 Å². The van der Waals surface area contributed by atoms with Crippen LogP contribution in [0.25, 0.3) is 22.1 Å². The Balaban J connectivity index is 2.27. The van der Waals surface area contributed by atoms with Crippen LogP contribution >= 0.6 is 0 Å². The number of hydrogen-bond donors (Lipinski definition) is 2. The summed E-state index contributed by atoms with van der Waals surface area (Å²) in [4.78, 5) is 13.4. The van der Waals surface area contributed by atoms with Gasteiger partial charge in [-0.15, -0.1) is 0 Å². The van der Waals surface area contributed by atoms with E-state index in [9.17, 15) is 9.90 Å². The molecule has 3 aromatic rings. The van der Waals surface area contributed by atoms with Crippen LogP contribution in [-0.2, 0) is 6.54 Å². The quantitative estimate of drug-likeness (QED) is 0.703. The Morgan fingerprint density at radius 2 is 1.76 bits per heavy atom. The van der Waals surface area contributed by atoms with Gasteiger partial charge in [-0.3, -0.25) is 0 Å². The van der Waals surface area contributed by atoms with Gasteiger partial charge < -0.3 is 14.4 Å². The van der Waals surface area contributed by atoms with Crippen LogP contribution in [0.2, 0.25) is 0 Å². The third-order valence-corrected chi connectivity index (χ3v) is 4.84. The van der Waals surface area contributed by atoms with E-state index in [1.54, 1.807) is 6.92 Å². The maximum absolute atomic E-state index is 12.0. The first-order valence-corrected chi connectivity index (χ1v) is 8.73. The molecule has 0 unspecified atom stereocenters. The van der Waals surface area contributed by atoms with Gasteiger partial charge >= 0.3 is 5.63 Å². The molecule has 0 aliphatic rings. The summed E-state index contributed by atoms with van der Waals surface area (Å²) in [5.41, 5.74) is 3.36. The first-order valence-electron chi connectivity index (χ1n) is 8.73. The molecule has 0 aliphatic heterocycles. The number of quaternary nitrogens is 1. The molecule has 0 saturated heterocycles. The van der Waals surface area contributed by atoms with Gasteiger partial charge in [-0.25, -0.2) is 4.79 Å². The maximum atomic E-state index is 12.0. The number of aromatic hydroxyl groups is 1. The zero-order valence-electron chi connectivity index (χ0n) is 14.9. The van der Waals surface area contributed by atoms with Gasteiger partial charge in [0.25, 0.3) is 0 Å². The molecule has 4 nitrogen and oxygen atoms in total. The van der Waals surface area contributed by atoms with Crippen molar-refractivity contribution in [2.24, 2.45) is 0 Å². The highest BCUT2D eigenvalue weighted by molar-refractivity contribution is 5.96. The minimum atomic E-state index is -0.407. The highest BCUT2D eigenvalue weighted by atomic mass is 16.4. The summed E-state index contributed by atoms with van der Waals surface area (Å²) in [6.45, 7) is 8.79. The highest BCUT2D eigenvalue weighted by Crippen LogP contribution is 2.35. The van der Waals surface area contributed by atoms with E-state index in [1.807, 2.05) is 36.4 Å². The minimum Gasteiger partial charge on any atom is -0.507 e. The number of rotatable bonds is 5. The number of hydrogen-bond acceptors (Lipinski definition) is 3. The van der Waals surface area contributed by atoms with Crippen LogP contribution in [0.15, 0.2) is 51.7 Å². The molecule has 1 aromatic heterocycles. The summed E-state index contributed by atoms with van der Waals surface area (Å²) in [6.07, 6.45) is 0. The molecule has 0 atom stereocenters. The Hall–Kier alpha value is -2.59. The molecule has 0 bridgehead atoms. The van der Waals surface area contributed by atoms with E-state index in [0.717, 1.165) is 41.7 Å². The standard InChI is InChI=1S/C21H23NO3/c1-4-22(5-2)13-16-11-18-17(15-9-7-6-8-10-15)12-19(23)25-21(18)14(3)20(16)24/h6-12,24H,4-5,13H2,1-3H3/p+1. The molecule has 0 spiro atoms. The Labute approximate surface area is 147 Å². The molecule has 2 aromatic carbocycles. The van der Waals surface area contributed by atoms with Gasteiger partial charge in [0.1, 0.15) is 17.9 Å². The normalized spacial score (nSPS) is 11.4. The van der Waals surface area contributed by atoms with Crippen molar-refractivity contribution in [3.63, 3.8) is 0 Å². The van der Waals surface area contributed by atoms with E-state index >= 15 is 0 Å². The Morgan fingerprint density at radius 3 is 2.40 bits per heavy atom. The second-order valence-corrected chi connectivity index (χ2v) is 6.37. The third kappa shape index (κ3) is 3.30. The number of aryl methyl sites for hydroxylation is 1. The lowest BCUT2D eigenvalue weighted by Gasteiger charge is -2.18. The molecular weight excluding hydrogens is 314 g/mol. The van der Waals surface area contributed by atoms with E-state index < -0.39 is 5.63 Å². The molecule has 1 heterocycles. The third-order valence-electron chi connectivity index (χ3n) is 4.84. The highest BCUT2D eigenvalue weighted by Gasteiger charge is 2.18. The zero-order chi connectivity index (χ0) is 18.0. The van der Waals surface area contributed by atoms with Gasteiger partial charge in [0.15, 0.2) is 0 Å². The van der Waals surface area contributed by atoms with E-state index in [4.69, 9.17) is 4.42 Å². The van der Waals surface area contributed by atoms with E-state index in [2.05, 4.69) is 13.8 Å². The molecule has 2 N–H and O–H groups in total. The summed E-state index contributed by atoms with van der Waals surface area (Å²) < 4.78 is 5.43. The Kier molecular flexibility index (Phi) is 4.91. The van der Waals surface area contributed by atoms with Crippen LogP contribution in [0, 0.1) is 6.92 Å². The maximum Gasteiger partial charge on any atom is 0.336 e. The molecule has 3 rings (SSSR count). The van der Waals surface area contributed by atoms with E-state index in [1.165, 1.54) is 11.0 Å². The summed E-state index contributed by atoms with van der Waals surface area (Å²) in [5, 5.41) is 11.5. The molecule has 0 saturated carbocycles. The number of phenolic OH excluding ortho intramolecular Hbond substituents is 1. The zero-order valence-corrected chi connectivity index (χ0v) is 14.9. The fraction of sp³-hybridized carbons (Fsp3) is 0.286. The molecular formula is C21H24NO3+. The summed E-state index contributed by atoms with van der Waals surface area (Å²) in [5.74, 6) is 0.222. The average molecular weight is 338 g/mol. The largest absolute Gasteiger partial charge is 0.507 e. The predicted molar refractivity (Wildman–Crippen MR) is 100 cm³/mol. The monoisotopic (exact) mass is 338 g/mol. The SMILES string of the molecule is CC[NH+](CC)Cc1cc2c(-c3ccccc3)cc(=O)oc2c(C)c1O. The van der Waals surface area contributed by atoms with Crippen molar-refractivity contribution in [1.29, 1.82) is 0 Å². The predicted octanol–water partition coefficient (Wildman–Crippen LogP) is 2.90. The Bertz CT molecular complexity index is 941. The van der Waals surface area contributed by atoms with E-state index in [0.29, 0.717) is 11.1 Å². The van der Waals surface area contributed by atoms with Crippen LogP contribution in [0.4, 0.5) is 0 Å². The van der Waals surface area contributed by atoms with Crippen molar-refractivity contribution in [2.75, 3.05) is 13.1 Å². The molecule has 0 fully saturated rings. The smallest absolute Gasteiger partial charge is 0.336 e. The van der Waals surface area contributed by atoms with Gasteiger partial charge in [0.2, 0.25) is 0 Å². The van der Waals surface area contributed by atoms with Gasteiger partial charge in [-0.2, -0.15) is 0 Å². The van der Waals surface area contributed by atoms with Crippen molar-refractivity contribution < 1.29 is 14.4 Å². The lowest BCUT2D eigenvalue weighted by atomic mass is 9.97. The summed E-state index contributed by atoms with van der Waals surface area (Å²) in [7, 11) is 0. The molecule has 25 heavy (non-hydrogen) atoms. The van der Waals surface area contributed by atoms with Gasteiger partial charge in [0, 0.05) is 22.6 Å². The van der Waals surface area contributed by atoms with Gasteiger partial charge in [-0.05, 0) is 38.0 Å². The second-order valence-electron chi connectivity index (χ2n) is 6.37. The number of phenols is 1. The fourth-order valence-electron chi connectivity index (χ4n) is 3.28. The van der Waals surface area contributed by atoms with Crippen molar-refractivity contribution >= 4 is 11.0 Å². The Morgan fingerprint density at radius 1 is 1.08 bits per heavy atom. The lowest BCUT2D eigenvalue weighted by molar-refractivity contribution is -0.910. The van der Waals surface area contributed by atoms with Crippen LogP contribution in [0.3, 0.4) is 0 Å². The topological polar surface area (TPSA) is 54.9 Å². The minimum absolute atomic E-state index is 0.222. The molecule has 0 aliphatic carbocycles. The van der Waals surface area contributed by atoms with Crippen molar-refractivity contribution in [2.45, 2.75) is 27.3 Å². The van der Waals surface area contributed by atoms with Crippen LogP contribution < -0.4 is 10.5 Å². The first kappa shape index (κ1) is 17.2. The molecule has 0 radical (unpaired) electrons. The van der Waals surface area contributed by atoms with E-state index in [-0.39, 0.29) is 5.75 Å². The van der Waals surface area contributed by atoms with Gasteiger partial charge in [-0.1, -0.05) is 30.3 Å². The number of fused-ring (bicyclic) bond motifs is 1. The van der Waals surface area contributed by atoms with Crippen molar-refractivity contribution in [1.82, 2.24) is 0 Å². The first-order chi connectivity index (χ1) is 12.0. The molecule has 0 amide bonds. The lowest BCUT2D eigenvalue weighted by Crippen LogP contribution is -3.10. The summed E-state index contributed by atoms with van der Waals surface area (Å²) in [6, 6.07) is 13.3. The summed E-state index contributed by atoms with van der Waals surface area (Å²) >= 11 is 0. The number of nitrogens with one attached hydrogen (secondary N) is 1. The average Bonchev–Trinajstić information content (AvgIpc) is 2.64. The van der Waals surface area contributed by atoms with Crippen molar-refractivity contribution in [3.8, 4) is 16.9 Å². The van der Waals surface area contributed by atoms with Crippen LogP contribution in [-0.4, -0.2) is 18.2 Å². The van der Waals surface area contributed by atoms with Crippen LogP contribution in [0.1, 0.15) is 25.0 Å².